The number of hydrogen-bond donors (Lipinski definition) is 0. The number of rotatable bonds is 3. The molecule has 0 atom stereocenters. The van der Waals surface area contributed by atoms with Crippen LogP contribution in [0.2, 0.25) is 0 Å². The van der Waals surface area contributed by atoms with Crippen LogP contribution >= 0.6 is 0 Å². The molecule has 0 aliphatic heterocycles. The molecule has 0 saturated heterocycles. The number of anilines is 1. The molecule has 0 fully saturated rings. The minimum atomic E-state index is -0.0317. The number of hydrogen-bond acceptors (Lipinski definition) is 3. The number of para-hydroxylation sites is 2. The van der Waals surface area contributed by atoms with Crippen LogP contribution in [0, 0.1) is 0 Å². The predicted molar refractivity (Wildman–Crippen MR) is 77.1 cm³/mol. The van der Waals surface area contributed by atoms with Gasteiger partial charge in [0, 0.05) is 12.6 Å². The summed E-state index contributed by atoms with van der Waals surface area (Å²) in [5.74, 6) is -0.0317. The van der Waals surface area contributed by atoms with Crippen molar-refractivity contribution >= 4 is 22.6 Å². The van der Waals surface area contributed by atoms with Crippen LogP contribution in [0.4, 0.5) is 5.69 Å². The third-order valence-corrected chi connectivity index (χ3v) is 3.14. The van der Waals surface area contributed by atoms with Crippen LogP contribution in [0.3, 0.4) is 0 Å². The van der Waals surface area contributed by atoms with Gasteiger partial charge in [0.25, 0.3) is 0 Å². The molecule has 100 valence electrons. The van der Waals surface area contributed by atoms with Gasteiger partial charge in [-0.15, -0.1) is 5.10 Å². The summed E-state index contributed by atoms with van der Waals surface area (Å²) in [5, 5.41) is 8.22. The molecule has 0 N–H and O–H groups in total. The Kier molecular flexibility index (Phi) is 3.16. The molecular weight excluding hydrogens is 252 g/mol. The Morgan fingerprint density at radius 1 is 1.10 bits per heavy atom. The van der Waals surface area contributed by atoms with Gasteiger partial charge in [-0.3, -0.25) is 9.69 Å². The number of carbonyl (C=O) groups excluding carboxylic acids is 1. The van der Waals surface area contributed by atoms with Crippen molar-refractivity contribution in [3.8, 4) is 0 Å². The van der Waals surface area contributed by atoms with E-state index in [0.29, 0.717) is 6.67 Å². The highest BCUT2D eigenvalue weighted by atomic mass is 16.2. The van der Waals surface area contributed by atoms with Crippen molar-refractivity contribution in [2.45, 2.75) is 13.6 Å². The van der Waals surface area contributed by atoms with E-state index in [1.165, 1.54) is 0 Å². The first-order valence-corrected chi connectivity index (χ1v) is 6.37. The van der Waals surface area contributed by atoms with E-state index in [9.17, 15) is 4.79 Å². The third kappa shape index (κ3) is 2.25. The molecule has 1 heterocycles. The summed E-state index contributed by atoms with van der Waals surface area (Å²) in [6.45, 7) is 1.89. The van der Waals surface area contributed by atoms with Crippen LogP contribution in [-0.4, -0.2) is 20.9 Å². The van der Waals surface area contributed by atoms with Crippen molar-refractivity contribution in [2.75, 3.05) is 4.90 Å². The number of amides is 1. The maximum atomic E-state index is 11.9. The summed E-state index contributed by atoms with van der Waals surface area (Å²) >= 11 is 0. The van der Waals surface area contributed by atoms with Crippen molar-refractivity contribution in [1.29, 1.82) is 0 Å². The Morgan fingerprint density at radius 2 is 1.80 bits per heavy atom. The van der Waals surface area contributed by atoms with Gasteiger partial charge < -0.3 is 0 Å². The Bertz CT molecular complexity index is 736. The highest BCUT2D eigenvalue weighted by molar-refractivity contribution is 5.91. The summed E-state index contributed by atoms with van der Waals surface area (Å²) in [7, 11) is 0. The maximum Gasteiger partial charge on any atom is 0.225 e. The van der Waals surface area contributed by atoms with Gasteiger partial charge in [-0.1, -0.05) is 35.5 Å². The highest BCUT2D eigenvalue weighted by Gasteiger charge is 2.13. The summed E-state index contributed by atoms with van der Waals surface area (Å²) < 4.78 is 1.73. The van der Waals surface area contributed by atoms with E-state index in [4.69, 9.17) is 0 Å². The van der Waals surface area contributed by atoms with Gasteiger partial charge in [-0.2, -0.15) is 0 Å². The Morgan fingerprint density at radius 3 is 2.55 bits per heavy atom. The standard InChI is InChI=1S/C15H14N4O/c1-12(20)18(13-7-3-2-4-8-13)11-19-15-10-6-5-9-14(15)16-17-19/h2-10H,11H2,1H3. The second kappa shape index (κ2) is 5.13. The first-order valence-electron chi connectivity index (χ1n) is 6.37. The molecule has 5 heteroatoms. The summed E-state index contributed by atoms with van der Waals surface area (Å²) in [6, 6.07) is 17.2. The molecule has 0 bridgehead atoms. The maximum absolute atomic E-state index is 11.9. The van der Waals surface area contributed by atoms with Crippen LogP contribution in [0.1, 0.15) is 6.92 Å². The second-order valence-corrected chi connectivity index (χ2v) is 4.50. The molecule has 1 aromatic heterocycles. The predicted octanol–water partition coefficient (Wildman–Crippen LogP) is 2.44. The van der Waals surface area contributed by atoms with Crippen LogP contribution in [0.25, 0.3) is 11.0 Å². The zero-order chi connectivity index (χ0) is 13.9. The SMILES string of the molecule is CC(=O)N(Cn1nnc2ccccc21)c1ccccc1. The van der Waals surface area contributed by atoms with Gasteiger partial charge >= 0.3 is 0 Å². The molecule has 0 saturated carbocycles. The number of benzene rings is 2. The molecule has 0 aliphatic rings. The first kappa shape index (κ1) is 12.3. The topological polar surface area (TPSA) is 51.0 Å². The minimum absolute atomic E-state index is 0.0317. The zero-order valence-electron chi connectivity index (χ0n) is 11.1. The molecule has 5 nitrogen and oxygen atoms in total. The normalized spacial score (nSPS) is 10.7. The van der Waals surface area contributed by atoms with Gasteiger partial charge in [-0.25, -0.2) is 4.68 Å². The van der Waals surface area contributed by atoms with E-state index >= 15 is 0 Å². The van der Waals surface area contributed by atoms with E-state index in [0.717, 1.165) is 16.7 Å². The minimum Gasteiger partial charge on any atom is -0.292 e. The van der Waals surface area contributed by atoms with E-state index in [2.05, 4.69) is 10.3 Å². The Balaban J connectivity index is 1.97. The quantitative estimate of drug-likeness (QED) is 0.731. The average Bonchev–Trinajstić information content (AvgIpc) is 2.88. The van der Waals surface area contributed by atoms with Crippen molar-refractivity contribution in [1.82, 2.24) is 15.0 Å². The molecular formula is C15H14N4O. The lowest BCUT2D eigenvalue weighted by atomic mass is 10.3. The molecule has 0 unspecified atom stereocenters. The van der Waals surface area contributed by atoms with Gasteiger partial charge in [0.2, 0.25) is 5.91 Å². The van der Waals surface area contributed by atoms with E-state index in [1.807, 2.05) is 54.6 Å². The molecule has 20 heavy (non-hydrogen) atoms. The Labute approximate surface area is 116 Å². The lowest BCUT2D eigenvalue weighted by Crippen LogP contribution is -2.31. The molecule has 2 aromatic carbocycles. The number of aromatic nitrogens is 3. The second-order valence-electron chi connectivity index (χ2n) is 4.50. The van der Waals surface area contributed by atoms with Crippen LogP contribution in [-0.2, 0) is 11.5 Å². The van der Waals surface area contributed by atoms with Gasteiger partial charge in [-0.05, 0) is 24.3 Å². The highest BCUT2D eigenvalue weighted by Crippen LogP contribution is 2.16. The smallest absolute Gasteiger partial charge is 0.225 e. The first-order chi connectivity index (χ1) is 9.75. The number of nitrogens with zero attached hydrogens (tertiary/aromatic N) is 4. The lowest BCUT2D eigenvalue weighted by Gasteiger charge is -2.21. The number of carbonyl (C=O) groups is 1. The largest absolute Gasteiger partial charge is 0.292 e. The molecule has 0 radical (unpaired) electrons. The van der Waals surface area contributed by atoms with E-state index in [1.54, 1.807) is 16.5 Å². The van der Waals surface area contributed by atoms with Crippen molar-refractivity contribution < 1.29 is 4.79 Å². The fraction of sp³-hybridized carbons (Fsp3) is 0.133. The fourth-order valence-corrected chi connectivity index (χ4v) is 2.13. The van der Waals surface area contributed by atoms with Gasteiger partial charge in [0.1, 0.15) is 12.2 Å². The van der Waals surface area contributed by atoms with Crippen molar-refractivity contribution in [2.24, 2.45) is 0 Å². The monoisotopic (exact) mass is 266 g/mol. The molecule has 1 amide bonds. The van der Waals surface area contributed by atoms with Crippen molar-refractivity contribution in [3.05, 3.63) is 54.6 Å². The summed E-state index contributed by atoms with van der Waals surface area (Å²) in [4.78, 5) is 13.5. The lowest BCUT2D eigenvalue weighted by molar-refractivity contribution is -0.116. The van der Waals surface area contributed by atoms with E-state index in [-0.39, 0.29) is 5.91 Å². The van der Waals surface area contributed by atoms with Crippen LogP contribution in [0.5, 0.6) is 0 Å². The number of fused-ring (bicyclic) bond motifs is 1. The van der Waals surface area contributed by atoms with E-state index < -0.39 is 0 Å². The molecule has 0 spiro atoms. The van der Waals surface area contributed by atoms with Gasteiger partial charge in [0.15, 0.2) is 0 Å². The third-order valence-electron chi connectivity index (χ3n) is 3.14. The summed E-state index contributed by atoms with van der Waals surface area (Å²) in [5.41, 5.74) is 2.58. The summed E-state index contributed by atoms with van der Waals surface area (Å²) in [6.07, 6.45) is 0. The average molecular weight is 266 g/mol. The molecule has 0 aliphatic carbocycles. The Hall–Kier alpha value is -2.69. The van der Waals surface area contributed by atoms with Crippen LogP contribution < -0.4 is 4.90 Å². The van der Waals surface area contributed by atoms with Crippen molar-refractivity contribution in [3.63, 3.8) is 0 Å². The zero-order valence-corrected chi connectivity index (χ0v) is 11.1. The molecule has 3 rings (SSSR count). The molecule has 3 aromatic rings. The van der Waals surface area contributed by atoms with Crippen LogP contribution in [0.15, 0.2) is 54.6 Å². The fourth-order valence-electron chi connectivity index (χ4n) is 2.13. The van der Waals surface area contributed by atoms with Gasteiger partial charge in [0.05, 0.1) is 5.52 Å².